The highest BCUT2D eigenvalue weighted by Crippen LogP contribution is 2.34. The summed E-state index contributed by atoms with van der Waals surface area (Å²) in [7, 11) is 0. The van der Waals surface area contributed by atoms with Gasteiger partial charge in [0.2, 0.25) is 5.69 Å². The van der Waals surface area contributed by atoms with Crippen molar-refractivity contribution in [3.05, 3.63) is 90.1 Å². The van der Waals surface area contributed by atoms with E-state index in [2.05, 4.69) is 105 Å². The molecule has 1 aromatic heterocycles. The van der Waals surface area contributed by atoms with Crippen LogP contribution >= 0.6 is 0 Å². The zero-order chi connectivity index (χ0) is 20.0. The standard InChI is InChI=1S/C28H25N/c1-18(2)15-20-5-4-6-22(17-20)28-27-12-11-24-23-9-7-19(3)16-21(23)8-10-25(24)26(27)13-14-29-28/h4-14,16-18H,15H2,1-3H3/p+1. The quantitative estimate of drug-likeness (QED) is 0.297. The van der Waals surface area contributed by atoms with Crippen molar-refractivity contribution in [1.29, 1.82) is 0 Å². The fraction of sp³-hybridized carbons (Fsp3) is 0.179. The predicted octanol–water partition coefficient (Wildman–Crippen LogP) is 7.13. The fourth-order valence-corrected chi connectivity index (χ4v) is 4.54. The first-order chi connectivity index (χ1) is 14.1. The number of aryl methyl sites for hydroxylation is 1. The van der Waals surface area contributed by atoms with E-state index in [1.807, 2.05) is 0 Å². The lowest BCUT2D eigenvalue weighted by Gasteiger charge is -2.10. The highest BCUT2D eigenvalue weighted by Gasteiger charge is 2.14. The van der Waals surface area contributed by atoms with Crippen molar-refractivity contribution < 1.29 is 4.98 Å². The van der Waals surface area contributed by atoms with E-state index in [1.165, 1.54) is 54.7 Å². The Hall–Kier alpha value is -3.19. The number of pyridine rings is 1. The van der Waals surface area contributed by atoms with Gasteiger partial charge in [0.25, 0.3) is 0 Å². The second-order valence-electron chi connectivity index (χ2n) is 8.56. The van der Waals surface area contributed by atoms with Gasteiger partial charge in [-0.05, 0) is 64.6 Å². The lowest BCUT2D eigenvalue weighted by molar-refractivity contribution is -0.362. The zero-order valence-corrected chi connectivity index (χ0v) is 17.3. The van der Waals surface area contributed by atoms with Gasteiger partial charge in [-0.2, -0.15) is 0 Å². The molecule has 1 nitrogen and oxygen atoms in total. The molecule has 0 bridgehead atoms. The van der Waals surface area contributed by atoms with Crippen molar-refractivity contribution >= 4 is 32.3 Å². The van der Waals surface area contributed by atoms with Gasteiger partial charge in [-0.1, -0.05) is 67.9 Å². The Bertz CT molecular complexity index is 1360. The largest absolute Gasteiger partial charge is 0.218 e. The summed E-state index contributed by atoms with van der Waals surface area (Å²) in [4.78, 5) is 3.52. The third-order valence-electron chi connectivity index (χ3n) is 5.82. The van der Waals surface area contributed by atoms with Crippen molar-refractivity contribution in [2.75, 3.05) is 0 Å². The van der Waals surface area contributed by atoms with E-state index < -0.39 is 0 Å². The molecule has 0 aliphatic carbocycles. The molecule has 5 aromatic rings. The SMILES string of the molecule is Cc1ccc2c(ccc3c4cc[nH+]c(-c5cccc(CC(C)C)c5)c4ccc23)c1. The summed E-state index contributed by atoms with van der Waals surface area (Å²) in [5.74, 6) is 0.655. The van der Waals surface area contributed by atoms with Crippen LogP contribution in [0.15, 0.2) is 79.0 Å². The minimum absolute atomic E-state index is 0.655. The van der Waals surface area contributed by atoms with Crippen molar-refractivity contribution in [2.45, 2.75) is 27.2 Å². The number of aromatic amines is 1. The lowest BCUT2D eigenvalue weighted by Crippen LogP contribution is -2.07. The zero-order valence-electron chi connectivity index (χ0n) is 17.3. The van der Waals surface area contributed by atoms with Crippen molar-refractivity contribution in [1.82, 2.24) is 0 Å². The molecule has 0 unspecified atom stereocenters. The van der Waals surface area contributed by atoms with Crippen molar-refractivity contribution in [3.8, 4) is 11.3 Å². The number of aromatic nitrogens is 1. The molecule has 142 valence electrons. The average molecular weight is 377 g/mol. The van der Waals surface area contributed by atoms with Gasteiger partial charge in [0.1, 0.15) is 0 Å². The van der Waals surface area contributed by atoms with E-state index in [9.17, 15) is 0 Å². The third kappa shape index (κ3) is 3.17. The van der Waals surface area contributed by atoms with Crippen molar-refractivity contribution in [2.24, 2.45) is 5.92 Å². The first kappa shape index (κ1) is 17.9. The molecule has 1 N–H and O–H groups in total. The first-order valence-electron chi connectivity index (χ1n) is 10.5. The second kappa shape index (κ2) is 7.00. The molecule has 0 fully saturated rings. The van der Waals surface area contributed by atoms with E-state index in [4.69, 9.17) is 0 Å². The van der Waals surface area contributed by atoms with Crippen LogP contribution in [-0.2, 0) is 6.42 Å². The molecule has 0 radical (unpaired) electrons. The summed E-state index contributed by atoms with van der Waals surface area (Å²) in [6, 6.07) is 27.0. The summed E-state index contributed by atoms with van der Waals surface area (Å²) < 4.78 is 0. The van der Waals surface area contributed by atoms with Crippen LogP contribution in [0.4, 0.5) is 0 Å². The van der Waals surface area contributed by atoms with Gasteiger partial charge in [-0.15, -0.1) is 0 Å². The van der Waals surface area contributed by atoms with Crippen LogP contribution in [0.5, 0.6) is 0 Å². The molecule has 5 rings (SSSR count). The Kier molecular flexibility index (Phi) is 4.32. The van der Waals surface area contributed by atoms with Gasteiger partial charge < -0.3 is 0 Å². The lowest BCUT2D eigenvalue weighted by atomic mass is 9.94. The van der Waals surface area contributed by atoms with E-state index in [0.29, 0.717) is 5.92 Å². The molecule has 1 heteroatoms. The molecule has 0 aliphatic rings. The summed E-state index contributed by atoms with van der Waals surface area (Å²) in [6.45, 7) is 6.70. The topological polar surface area (TPSA) is 14.1 Å². The van der Waals surface area contributed by atoms with Crippen molar-refractivity contribution in [3.63, 3.8) is 0 Å². The number of benzene rings is 4. The van der Waals surface area contributed by atoms with E-state index in [0.717, 1.165) is 6.42 Å². The highest BCUT2D eigenvalue weighted by atomic mass is 14.7. The van der Waals surface area contributed by atoms with E-state index in [1.54, 1.807) is 0 Å². The van der Waals surface area contributed by atoms with Gasteiger partial charge >= 0.3 is 0 Å². The molecule has 0 spiro atoms. The van der Waals surface area contributed by atoms with Crippen LogP contribution in [0, 0.1) is 12.8 Å². The second-order valence-corrected chi connectivity index (χ2v) is 8.56. The van der Waals surface area contributed by atoms with Crippen LogP contribution in [0.25, 0.3) is 43.6 Å². The number of H-pyrrole nitrogens is 1. The minimum atomic E-state index is 0.655. The minimum Gasteiger partial charge on any atom is -0.211 e. The van der Waals surface area contributed by atoms with E-state index >= 15 is 0 Å². The Morgan fingerprint density at radius 2 is 1.45 bits per heavy atom. The Balaban J connectivity index is 1.75. The molecule has 1 heterocycles. The van der Waals surface area contributed by atoms with Crippen LogP contribution in [0.1, 0.15) is 25.0 Å². The summed E-state index contributed by atoms with van der Waals surface area (Å²) >= 11 is 0. The Labute approximate surface area is 172 Å². The molecule has 0 atom stereocenters. The molecule has 0 amide bonds. The first-order valence-corrected chi connectivity index (χ1v) is 10.5. The van der Waals surface area contributed by atoms with Crippen LogP contribution in [0.2, 0.25) is 0 Å². The normalized spacial score (nSPS) is 11.7. The van der Waals surface area contributed by atoms with Gasteiger partial charge in [-0.3, -0.25) is 0 Å². The number of rotatable bonds is 3. The van der Waals surface area contributed by atoms with Gasteiger partial charge in [0, 0.05) is 17.0 Å². The monoisotopic (exact) mass is 376 g/mol. The van der Waals surface area contributed by atoms with Crippen LogP contribution < -0.4 is 4.98 Å². The molecular weight excluding hydrogens is 350 g/mol. The summed E-state index contributed by atoms with van der Waals surface area (Å²) in [5.41, 5.74) is 5.14. The fourth-order valence-electron chi connectivity index (χ4n) is 4.54. The maximum Gasteiger partial charge on any atom is 0.218 e. The van der Waals surface area contributed by atoms with Crippen LogP contribution in [0.3, 0.4) is 0 Å². The van der Waals surface area contributed by atoms with Gasteiger partial charge in [0.05, 0.1) is 5.39 Å². The third-order valence-corrected chi connectivity index (χ3v) is 5.82. The number of fused-ring (bicyclic) bond motifs is 5. The Morgan fingerprint density at radius 3 is 2.31 bits per heavy atom. The Morgan fingerprint density at radius 1 is 0.724 bits per heavy atom. The maximum atomic E-state index is 3.52. The molecule has 29 heavy (non-hydrogen) atoms. The number of hydrogen-bond acceptors (Lipinski definition) is 0. The summed E-state index contributed by atoms with van der Waals surface area (Å²) in [5, 5.41) is 7.83. The molecule has 0 aliphatic heterocycles. The van der Waals surface area contributed by atoms with Gasteiger partial charge in [0.15, 0.2) is 6.20 Å². The maximum absolute atomic E-state index is 3.52. The van der Waals surface area contributed by atoms with Crippen LogP contribution in [-0.4, -0.2) is 0 Å². The molecule has 0 saturated carbocycles. The molecular formula is C28H26N+. The van der Waals surface area contributed by atoms with Gasteiger partial charge in [-0.25, -0.2) is 4.98 Å². The molecule has 4 aromatic carbocycles. The number of nitrogens with one attached hydrogen (secondary N) is 1. The smallest absolute Gasteiger partial charge is 0.211 e. The molecule has 0 saturated heterocycles. The highest BCUT2D eigenvalue weighted by molar-refractivity contribution is 6.18. The summed E-state index contributed by atoms with van der Waals surface area (Å²) in [6.07, 6.45) is 3.18. The number of hydrogen-bond donors (Lipinski definition) is 0. The average Bonchev–Trinajstić information content (AvgIpc) is 2.72. The predicted molar refractivity (Wildman–Crippen MR) is 124 cm³/mol. The van der Waals surface area contributed by atoms with E-state index in [-0.39, 0.29) is 0 Å².